The smallest absolute Gasteiger partial charge is 0.147 e. The molecule has 3 N–H and O–H groups in total. The number of benzene rings is 1. The van der Waals surface area contributed by atoms with Crippen molar-refractivity contribution < 1.29 is 8.42 Å². The van der Waals surface area contributed by atoms with Gasteiger partial charge in [-0.05, 0) is 24.0 Å². The van der Waals surface area contributed by atoms with Crippen molar-refractivity contribution in [3.63, 3.8) is 0 Å². The van der Waals surface area contributed by atoms with Crippen LogP contribution in [0.15, 0.2) is 24.3 Å². The molecule has 1 aromatic rings. The molecule has 5 heteroatoms. The molecule has 4 nitrogen and oxygen atoms in total. The summed E-state index contributed by atoms with van der Waals surface area (Å²) >= 11 is 0. The van der Waals surface area contributed by atoms with Gasteiger partial charge in [0, 0.05) is 18.2 Å². The molecule has 17 heavy (non-hydrogen) atoms. The summed E-state index contributed by atoms with van der Waals surface area (Å²) in [5, 5.41) is 0. The number of sulfone groups is 1. The minimum Gasteiger partial charge on any atom is -0.271 e. The lowest BCUT2D eigenvalue weighted by molar-refractivity contribution is 0.396. The molecule has 0 saturated heterocycles. The molecule has 0 aromatic heterocycles. The van der Waals surface area contributed by atoms with Gasteiger partial charge >= 0.3 is 0 Å². The summed E-state index contributed by atoms with van der Waals surface area (Å²) in [4.78, 5) is 0. The summed E-state index contributed by atoms with van der Waals surface area (Å²) in [6.45, 7) is 0. The van der Waals surface area contributed by atoms with E-state index in [0.717, 1.165) is 6.42 Å². The van der Waals surface area contributed by atoms with Crippen LogP contribution < -0.4 is 11.3 Å². The Labute approximate surface area is 102 Å². The summed E-state index contributed by atoms with van der Waals surface area (Å²) in [5.41, 5.74) is 5.39. The maximum atomic E-state index is 11.2. The predicted octanol–water partition coefficient (Wildman–Crippen LogP) is 0.593. The maximum Gasteiger partial charge on any atom is 0.147 e. The van der Waals surface area contributed by atoms with Gasteiger partial charge in [0.15, 0.2) is 0 Å². The lowest BCUT2D eigenvalue weighted by atomic mass is 9.73. The lowest BCUT2D eigenvalue weighted by Gasteiger charge is -2.36. The lowest BCUT2D eigenvalue weighted by Crippen LogP contribution is -2.44. The highest BCUT2D eigenvalue weighted by Crippen LogP contribution is 2.38. The number of hydrogen-bond acceptors (Lipinski definition) is 4. The van der Waals surface area contributed by atoms with Crippen LogP contribution in [0, 0.1) is 0 Å². The van der Waals surface area contributed by atoms with Crippen molar-refractivity contribution in [3.8, 4) is 0 Å². The van der Waals surface area contributed by atoms with Crippen molar-refractivity contribution in [2.24, 2.45) is 5.84 Å². The van der Waals surface area contributed by atoms with Gasteiger partial charge in [-0.3, -0.25) is 11.3 Å². The van der Waals surface area contributed by atoms with Crippen molar-refractivity contribution in [2.75, 3.05) is 12.0 Å². The third-order valence-corrected chi connectivity index (χ3v) is 4.37. The molecule has 2 rings (SSSR count). The second kappa shape index (κ2) is 4.76. The average Bonchev–Trinajstić information content (AvgIpc) is 2.23. The first-order valence-corrected chi connectivity index (χ1v) is 7.79. The monoisotopic (exact) mass is 254 g/mol. The summed E-state index contributed by atoms with van der Waals surface area (Å²) in [6, 6.07) is 8.27. The molecule has 1 aromatic carbocycles. The maximum absolute atomic E-state index is 11.2. The van der Waals surface area contributed by atoms with Crippen molar-refractivity contribution in [3.05, 3.63) is 35.4 Å². The number of nitrogens with one attached hydrogen (secondary N) is 1. The Morgan fingerprint density at radius 3 is 2.76 bits per heavy atom. The quantitative estimate of drug-likeness (QED) is 0.596. The highest BCUT2D eigenvalue weighted by molar-refractivity contribution is 7.90. The molecule has 0 radical (unpaired) electrons. The van der Waals surface area contributed by atoms with E-state index in [1.54, 1.807) is 0 Å². The van der Waals surface area contributed by atoms with Gasteiger partial charge in [-0.25, -0.2) is 8.42 Å². The number of nitrogens with two attached hydrogens (primary N) is 1. The van der Waals surface area contributed by atoms with E-state index in [4.69, 9.17) is 5.84 Å². The van der Waals surface area contributed by atoms with E-state index in [0.29, 0.717) is 12.3 Å². The molecule has 0 bridgehead atoms. The summed E-state index contributed by atoms with van der Waals surface area (Å²) < 4.78 is 22.3. The fourth-order valence-electron chi connectivity index (χ4n) is 2.40. The van der Waals surface area contributed by atoms with Crippen LogP contribution in [-0.2, 0) is 16.3 Å². The van der Waals surface area contributed by atoms with Crippen molar-refractivity contribution >= 4 is 9.84 Å². The zero-order valence-corrected chi connectivity index (χ0v) is 10.7. The van der Waals surface area contributed by atoms with Gasteiger partial charge < -0.3 is 0 Å². The number of hydrogen-bond donors (Lipinski definition) is 2. The summed E-state index contributed by atoms with van der Waals surface area (Å²) in [5.74, 6) is 6.05. The van der Waals surface area contributed by atoms with Crippen LogP contribution in [0.25, 0.3) is 0 Å². The average molecular weight is 254 g/mol. The Balaban J connectivity index is 2.02. The van der Waals surface area contributed by atoms with E-state index in [2.05, 4.69) is 17.6 Å². The number of fused-ring (bicyclic) bond motifs is 1. The molecule has 0 amide bonds. The van der Waals surface area contributed by atoms with Gasteiger partial charge in [0.25, 0.3) is 0 Å². The largest absolute Gasteiger partial charge is 0.271 e. The Morgan fingerprint density at radius 2 is 2.18 bits per heavy atom. The van der Waals surface area contributed by atoms with Gasteiger partial charge in [-0.2, -0.15) is 0 Å². The Bertz CT molecular complexity index is 499. The molecular weight excluding hydrogens is 236 g/mol. The molecule has 2 atom stereocenters. The fraction of sp³-hybridized carbons (Fsp3) is 0.500. The second-order valence-corrected chi connectivity index (χ2v) is 6.96. The highest BCUT2D eigenvalue weighted by Gasteiger charge is 2.32. The molecule has 0 fully saturated rings. The third kappa shape index (κ3) is 2.86. The topological polar surface area (TPSA) is 72.2 Å². The van der Waals surface area contributed by atoms with E-state index in [9.17, 15) is 8.42 Å². The van der Waals surface area contributed by atoms with E-state index >= 15 is 0 Å². The van der Waals surface area contributed by atoms with E-state index in [1.807, 2.05) is 12.1 Å². The molecule has 0 spiro atoms. The molecule has 94 valence electrons. The molecule has 0 heterocycles. The van der Waals surface area contributed by atoms with Crippen LogP contribution in [0.2, 0.25) is 0 Å². The first-order valence-electron chi connectivity index (χ1n) is 5.73. The van der Waals surface area contributed by atoms with E-state index < -0.39 is 9.84 Å². The summed E-state index contributed by atoms with van der Waals surface area (Å²) in [6.07, 6.45) is 2.80. The highest BCUT2D eigenvalue weighted by atomic mass is 32.2. The van der Waals surface area contributed by atoms with E-state index in [-0.39, 0.29) is 11.8 Å². The van der Waals surface area contributed by atoms with Crippen LogP contribution in [0.1, 0.15) is 23.5 Å². The normalized spacial score (nSPS) is 20.5. The third-order valence-electron chi connectivity index (χ3n) is 3.39. The van der Waals surface area contributed by atoms with Crippen molar-refractivity contribution in [2.45, 2.75) is 24.8 Å². The van der Waals surface area contributed by atoms with Crippen LogP contribution in [0.4, 0.5) is 0 Å². The number of hydrazine groups is 1. The van der Waals surface area contributed by atoms with Crippen LogP contribution in [-0.4, -0.2) is 26.5 Å². The van der Waals surface area contributed by atoms with E-state index in [1.165, 1.54) is 17.4 Å². The van der Waals surface area contributed by atoms with Gasteiger partial charge in [-0.1, -0.05) is 24.3 Å². The molecule has 0 saturated carbocycles. The molecular formula is C12H18N2O2S. The van der Waals surface area contributed by atoms with Gasteiger partial charge in [0.05, 0.1) is 5.75 Å². The molecule has 1 aliphatic rings. The fourth-order valence-corrected chi connectivity index (χ4v) is 3.08. The second-order valence-electron chi connectivity index (χ2n) is 4.70. The van der Waals surface area contributed by atoms with Crippen molar-refractivity contribution in [1.29, 1.82) is 0 Å². The number of rotatable bonds is 5. The molecule has 2 unspecified atom stereocenters. The SMILES string of the molecule is CS(=O)(=O)CCC(NN)C1Cc2ccccc21. The zero-order valence-electron chi connectivity index (χ0n) is 9.89. The Kier molecular flexibility index (Phi) is 3.51. The zero-order chi connectivity index (χ0) is 12.5. The Morgan fingerprint density at radius 1 is 1.47 bits per heavy atom. The standard InChI is InChI=1S/C12H18N2O2S/c1-17(15,16)7-6-12(14-13)11-8-9-4-2-3-5-10(9)11/h2-5,11-12,14H,6-8,13H2,1H3. The van der Waals surface area contributed by atoms with Crippen LogP contribution in [0.3, 0.4) is 0 Å². The minimum absolute atomic E-state index is 0.0413. The van der Waals surface area contributed by atoms with Gasteiger partial charge in [-0.15, -0.1) is 0 Å². The Hall–Kier alpha value is -0.910. The summed E-state index contributed by atoms with van der Waals surface area (Å²) in [7, 11) is -2.92. The molecule has 1 aliphatic carbocycles. The first kappa shape index (κ1) is 12.5. The van der Waals surface area contributed by atoms with Crippen LogP contribution in [0.5, 0.6) is 0 Å². The predicted molar refractivity (Wildman–Crippen MR) is 68.3 cm³/mol. The van der Waals surface area contributed by atoms with Crippen LogP contribution >= 0.6 is 0 Å². The van der Waals surface area contributed by atoms with Gasteiger partial charge in [0.1, 0.15) is 9.84 Å². The van der Waals surface area contributed by atoms with Gasteiger partial charge in [0.2, 0.25) is 0 Å². The first-order chi connectivity index (χ1) is 8.01. The van der Waals surface area contributed by atoms with Crippen molar-refractivity contribution in [1.82, 2.24) is 5.43 Å². The minimum atomic E-state index is -2.92. The molecule has 0 aliphatic heterocycles.